The lowest BCUT2D eigenvalue weighted by atomic mass is 10.1. The lowest BCUT2D eigenvalue weighted by Crippen LogP contribution is -1.98. The van der Waals surface area contributed by atoms with E-state index in [1.54, 1.807) is 25.3 Å². The van der Waals surface area contributed by atoms with Crippen molar-refractivity contribution in [1.29, 1.82) is 0 Å². The molecule has 0 spiro atoms. The van der Waals surface area contributed by atoms with Gasteiger partial charge in [-0.1, -0.05) is 23.3 Å². The molecule has 1 aromatic carbocycles. The molecule has 4 nitrogen and oxygen atoms in total. The SMILES string of the molecule is COc1cc(C=CC(=O)O)ccc1OCC=C(C)CCC=C(C)C. The van der Waals surface area contributed by atoms with E-state index in [1.807, 2.05) is 0 Å². The second-order valence-electron chi connectivity index (χ2n) is 5.76. The second-order valence-corrected chi connectivity index (χ2v) is 5.76. The van der Waals surface area contributed by atoms with Crippen LogP contribution in [0.15, 0.2) is 47.6 Å². The summed E-state index contributed by atoms with van der Waals surface area (Å²) >= 11 is 0. The number of hydrogen-bond donors (Lipinski definition) is 1. The minimum atomic E-state index is -0.983. The summed E-state index contributed by atoms with van der Waals surface area (Å²) < 4.78 is 11.1. The molecule has 0 unspecified atom stereocenters. The topological polar surface area (TPSA) is 55.8 Å². The molecule has 0 heterocycles. The number of benzene rings is 1. The van der Waals surface area contributed by atoms with Gasteiger partial charge in [0, 0.05) is 6.08 Å². The zero-order valence-corrected chi connectivity index (χ0v) is 14.8. The number of allylic oxidation sites excluding steroid dienone is 3. The van der Waals surface area contributed by atoms with Crippen molar-refractivity contribution in [3.05, 3.63) is 53.1 Å². The van der Waals surface area contributed by atoms with Gasteiger partial charge in [0.05, 0.1) is 7.11 Å². The molecule has 0 aliphatic heterocycles. The fourth-order valence-electron chi connectivity index (χ4n) is 2.04. The Labute approximate surface area is 144 Å². The molecule has 0 amide bonds. The molecule has 0 saturated carbocycles. The molecule has 1 aromatic rings. The number of aliphatic carboxylic acids is 1. The number of rotatable bonds is 9. The molecular formula is C20H26O4. The van der Waals surface area contributed by atoms with Crippen molar-refractivity contribution >= 4 is 12.0 Å². The van der Waals surface area contributed by atoms with Crippen LogP contribution in [0.3, 0.4) is 0 Å². The first-order valence-electron chi connectivity index (χ1n) is 7.93. The molecule has 0 bridgehead atoms. The molecular weight excluding hydrogens is 304 g/mol. The Morgan fingerprint density at radius 1 is 1.17 bits per heavy atom. The smallest absolute Gasteiger partial charge is 0.328 e. The highest BCUT2D eigenvalue weighted by Gasteiger charge is 2.04. The van der Waals surface area contributed by atoms with E-state index in [2.05, 4.69) is 32.9 Å². The molecule has 0 fully saturated rings. The van der Waals surface area contributed by atoms with Crippen molar-refractivity contribution in [3.8, 4) is 11.5 Å². The monoisotopic (exact) mass is 330 g/mol. The molecule has 4 heteroatoms. The number of methoxy groups -OCH3 is 1. The minimum absolute atomic E-state index is 0.474. The van der Waals surface area contributed by atoms with Gasteiger partial charge in [-0.2, -0.15) is 0 Å². The lowest BCUT2D eigenvalue weighted by molar-refractivity contribution is -0.131. The summed E-state index contributed by atoms with van der Waals surface area (Å²) in [5.74, 6) is 0.236. The molecule has 1 rings (SSSR count). The summed E-state index contributed by atoms with van der Waals surface area (Å²) in [5, 5.41) is 8.66. The molecule has 1 N–H and O–H groups in total. The Hall–Kier alpha value is -2.49. The van der Waals surface area contributed by atoms with E-state index in [0.717, 1.165) is 24.5 Å². The maximum Gasteiger partial charge on any atom is 0.328 e. The number of carbonyl (C=O) groups is 1. The lowest BCUT2D eigenvalue weighted by Gasteiger charge is -2.10. The van der Waals surface area contributed by atoms with Gasteiger partial charge in [0.15, 0.2) is 11.5 Å². The number of carboxylic acid groups (broad SMARTS) is 1. The fourth-order valence-corrected chi connectivity index (χ4v) is 2.04. The predicted octanol–water partition coefficient (Wildman–Crippen LogP) is 4.86. The first-order chi connectivity index (χ1) is 11.4. The normalized spacial score (nSPS) is 11.4. The van der Waals surface area contributed by atoms with Gasteiger partial charge in [-0.25, -0.2) is 4.79 Å². The standard InChI is InChI=1S/C20H26O4/c1-15(2)6-5-7-16(3)12-13-24-18-10-8-17(9-11-20(21)22)14-19(18)23-4/h6,8-12,14H,5,7,13H2,1-4H3,(H,21,22). The summed E-state index contributed by atoms with van der Waals surface area (Å²) in [7, 11) is 1.56. The van der Waals surface area contributed by atoms with E-state index >= 15 is 0 Å². The van der Waals surface area contributed by atoms with Crippen LogP contribution in [0.5, 0.6) is 11.5 Å². The largest absolute Gasteiger partial charge is 0.493 e. The van der Waals surface area contributed by atoms with Gasteiger partial charge in [-0.15, -0.1) is 0 Å². The quantitative estimate of drug-likeness (QED) is 0.519. The molecule has 130 valence electrons. The van der Waals surface area contributed by atoms with E-state index in [1.165, 1.54) is 17.2 Å². The van der Waals surface area contributed by atoms with E-state index in [4.69, 9.17) is 14.6 Å². The van der Waals surface area contributed by atoms with Crippen LogP contribution in [-0.2, 0) is 4.79 Å². The van der Waals surface area contributed by atoms with E-state index in [-0.39, 0.29) is 0 Å². The van der Waals surface area contributed by atoms with Crippen LogP contribution >= 0.6 is 0 Å². The van der Waals surface area contributed by atoms with Gasteiger partial charge in [-0.05, 0) is 63.5 Å². The van der Waals surface area contributed by atoms with Crippen molar-refractivity contribution in [2.45, 2.75) is 33.6 Å². The van der Waals surface area contributed by atoms with Crippen LogP contribution in [0.1, 0.15) is 39.2 Å². The van der Waals surface area contributed by atoms with Crippen LogP contribution in [0, 0.1) is 0 Å². The molecule has 0 atom stereocenters. The second kappa shape index (κ2) is 10.3. The average Bonchev–Trinajstić information content (AvgIpc) is 2.53. The fraction of sp³-hybridized carbons (Fsp3) is 0.350. The minimum Gasteiger partial charge on any atom is -0.493 e. The molecule has 0 aliphatic rings. The Morgan fingerprint density at radius 3 is 2.54 bits per heavy atom. The zero-order valence-electron chi connectivity index (χ0n) is 14.8. The van der Waals surface area contributed by atoms with Gasteiger partial charge in [-0.3, -0.25) is 0 Å². The van der Waals surface area contributed by atoms with Crippen molar-refractivity contribution in [3.63, 3.8) is 0 Å². The highest BCUT2D eigenvalue weighted by molar-refractivity contribution is 5.85. The van der Waals surface area contributed by atoms with E-state index in [9.17, 15) is 4.79 Å². The third-order valence-corrected chi connectivity index (χ3v) is 3.37. The van der Waals surface area contributed by atoms with Crippen LogP contribution < -0.4 is 9.47 Å². The zero-order chi connectivity index (χ0) is 17.9. The summed E-state index contributed by atoms with van der Waals surface area (Å²) in [6.07, 6.45) is 8.96. The summed E-state index contributed by atoms with van der Waals surface area (Å²) in [6.45, 7) is 6.77. The highest BCUT2D eigenvalue weighted by Crippen LogP contribution is 2.28. The van der Waals surface area contributed by atoms with Crippen molar-refractivity contribution in [2.75, 3.05) is 13.7 Å². The van der Waals surface area contributed by atoms with Gasteiger partial charge in [0.1, 0.15) is 6.61 Å². The van der Waals surface area contributed by atoms with Gasteiger partial charge < -0.3 is 14.6 Å². The van der Waals surface area contributed by atoms with Gasteiger partial charge in [0.2, 0.25) is 0 Å². The molecule has 24 heavy (non-hydrogen) atoms. The van der Waals surface area contributed by atoms with Crippen LogP contribution in [0.2, 0.25) is 0 Å². The number of hydrogen-bond acceptors (Lipinski definition) is 3. The maximum absolute atomic E-state index is 10.6. The Bertz CT molecular complexity index is 635. The highest BCUT2D eigenvalue weighted by atomic mass is 16.5. The summed E-state index contributed by atoms with van der Waals surface area (Å²) in [4.78, 5) is 10.6. The first kappa shape index (κ1) is 19.6. The Kier molecular flexibility index (Phi) is 8.41. The third-order valence-electron chi connectivity index (χ3n) is 3.37. The first-order valence-corrected chi connectivity index (χ1v) is 7.93. The number of carboxylic acids is 1. The third kappa shape index (κ3) is 7.68. The molecule has 0 aliphatic carbocycles. The van der Waals surface area contributed by atoms with Gasteiger partial charge >= 0.3 is 5.97 Å². The Balaban J connectivity index is 2.64. The predicted molar refractivity (Wildman–Crippen MR) is 97.6 cm³/mol. The van der Waals surface area contributed by atoms with E-state index < -0.39 is 5.97 Å². The van der Waals surface area contributed by atoms with Crippen molar-refractivity contribution in [2.24, 2.45) is 0 Å². The van der Waals surface area contributed by atoms with Crippen molar-refractivity contribution in [1.82, 2.24) is 0 Å². The maximum atomic E-state index is 10.6. The van der Waals surface area contributed by atoms with Crippen LogP contribution in [0.25, 0.3) is 6.08 Å². The summed E-state index contributed by atoms with van der Waals surface area (Å²) in [6, 6.07) is 5.33. The molecule has 0 radical (unpaired) electrons. The van der Waals surface area contributed by atoms with Crippen LogP contribution in [0.4, 0.5) is 0 Å². The molecule has 0 aromatic heterocycles. The van der Waals surface area contributed by atoms with Crippen LogP contribution in [-0.4, -0.2) is 24.8 Å². The van der Waals surface area contributed by atoms with Gasteiger partial charge in [0.25, 0.3) is 0 Å². The Morgan fingerprint density at radius 2 is 1.92 bits per heavy atom. The van der Waals surface area contributed by atoms with Crippen molar-refractivity contribution < 1.29 is 19.4 Å². The number of ether oxygens (including phenoxy) is 2. The van der Waals surface area contributed by atoms with E-state index in [0.29, 0.717) is 18.1 Å². The summed E-state index contributed by atoms with van der Waals surface area (Å²) in [5.41, 5.74) is 3.36. The average molecular weight is 330 g/mol. The molecule has 0 saturated heterocycles.